The number of thioether (sulfide) groups is 1. The Bertz CT molecular complexity index is 746. The molecule has 1 saturated heterocycles. The summed E-state index contributed by atoms with van der Waals surface area (Å²) in [5.74, 6) is -2.91. The number of hydrogen-bond donors (Lipinski definition) is 3. The SMILES string of the molecule is CCCCCCCCC1=C2SC(NC(=O)C(N)=O)C(C(=O)O)=C2C2CCCN1C2. The predicted molar refractivity (Wildman–Crippen MR) is 113 cm³/mol. The van der Waals surface area contributed by atoms with Gasteiger partial charge in [-0.15, -0.1) is 0 Å². The fourth-order valence-electron chi connectivity index (χ4n) is 4.60. The highest BCUT2D eigenvalue weighted by molar-refractivity contribution is 8.04. The third-order valence-electron chi connectivity index (χ3n) is 5.99. The zero-order chi connectivity index (χ0) is 21.0. The van der Waals surface area contributed by atoms with Crippen molar-refractivity contribution >= 4 is 29.5 Å². The van der Waals surface area contributed by atoms with Gasteiger partial charge in [0.15, 0.2) is 0 Å². The molecule has 1 fully saturated rings. The van der Waals surface area contributed by atoms with Crippen molar-refractivity contribution in [2.45, 2.75) is 70.1 Å². The van der Waals surface area contributed by atoms with Crippen molar-refractivity contribution < 1.29 is 19.5 Å². The molecule has 3 aliphatic rings. The lowest BCUT2D eigenvalue weighted by Crippen LogP contribution is -2.42. The number of primary amides is 1. The number of unbranched alkanes of at least 4 members (excludes halogenated alkanes) is 5. The second kappa shape index (κ2) is 9.69. The lowest BCUT2D eigenvalue weighted by atomic mass is 9.82. The summed E-state index contributed by atoms with van der Waals surface area (Å²) >= 11 is 1.36. The van der Waals surface area contributed by atoms with Crippen LogP contribution in [0.4, 0.5) is 0 Å². The zero-order valence-corrected chi connectivity index (χ0v) is 17.9. The van der Waals surface area contributed by atoms with Crippen LogP contribution in [-0.4, -0.2) is 46.3 Å². The summed E-state index contributed by atoms with van der Waals surface area (Å²) in [6.07, 6.45) is 10.2. The normalized spacial score (nSPS) is 23.3. The smallest absolute Gasteiger partial charge is 0.334 e. The van der Waals surface area contributed by atoms with Crippen LogP contribution in [0, 0.1) is 5.92 Å². The van der Waals surface area contributed by atoms with Crippen molar-refractivity contribution in [3.63, 3.8) is 0 Å². The van der Waals surface area contributed by atoms with E-state index >= 15 is 0 Å². The number of nitrogens with zero attached hydrogens (tertiary/aromatic N) is 1. The summed E-state index contributed by atoms with van der Waals surface area (Å²) in [6.45, 7) is 4.05. The van der Waals surface area contributed by atoms with E-state index < -0.39 is 23.2 Å². The Morgan fingerprint density at radius 2 is 1.93 bits per heavy atom. The van der Waals surface area contributed by atoms with Crippen LogP contribution in [-0.2, 0) is 14.4 Å². The second-order valence-corrected chi connectivity index (χ2v) is 9.16. The van der Waals surface area contributed by atoms with Crippen molar-refractivity contribution in [1.82, 2.24) is 10.2 Å². The van der Waals surface area contributed by atoms with Gasteiger partial charge in [0.25, 0.3) is 0 Å². The van der Waals surface area contributed by atoms with Crippen LogP contribution in [0.1, 0.15) is 64.7 Å². The Morgan fingerprint density at radius 1 is 1.21 bits per heavy atom. The van der Waals surface area contributed by atoms with Crippen LogP contribution in [0.5, 0.6) is 0 Å². The van der Waals surface area contributed by atoms with Gasteiger partial charge in [-0.3, -0.25) is 9.59 Å². The van der Waals surface area contributed by atoms with Gasteiger partial charge in [-0.2, -0.15) is 0 Å². The Morgan fingerprint density at radius 3 is 2.62 bits per heavy atom. The molecule has 2 atom stereocenters. The Labute approximate surface area is 176 Å². The standard InChI is InChI=1S/C21H31N3O4S/c1-2-3-4-5-6-7-10-14-17-15(13-9-8-11-24(14)12-13)16(21(27)28)20(29-17)23-19(26)18(22)25/h13,20H,2-12H2,1H3,(H2,22,25)(H,23,26)(H,27,28). The monoisotopic (exact) mass is 421 g/mol. The van der Waals surface area contributed by atoms with Crippen LogP contribution in [0.3, 0.4) is 0 Å². The average molecular weight is 422 g/mol. The van der Waals surface area contributed by atoms with E-state index in [2.05, 4.69) is 17.1 Å². The van der Waals surface area contributed by atoms with Gasteiger partial charge >= 0.3 is 17.8 Å². The number of carboxylic acid groups (broad SMARTS) is 1. The summed E-state index contributed by atoms with van der Waals surface area (Å²) < 4.78 is 0. The van der Waals surface area contributed by atoms with E-state index in [1.807, 2.05) is 0 Å². The van der Waals surface area contributed by atoms with Crippen molar-refractivity contribution in [2.24, 2.45) is 11.7 Å². The quantitative estimate of drug-likeness (QED) is 0.390. The lowest BCUT2D eigenvalue weighted by molar-refractivity contribution is -0.137. The molecule has 0 radical (unpaired) electrons. The van der Waals surface area contributed by atoms with Crippen molar-refractivity contribution in [1.29, 1.82) is 0 Å². The number of aliphatic carboxylic acids is 1. The fourth-order valence-corrected chi connectivity index (χ4v) is 6.12. The van der Waals surface area contributed by atoms with Gasteiger partial charge in [0.05, 0.1) is 5.57 Å². The first-order valence-electron chi connectivity index (χ1n) is 10.7. The number of nitrogens with one attached hydrogen (secondary N) is 1. The number of amides is 2. The van der Waals surface area contributed by atoms with E-state index in [9.17, 15) is 19.5 Å². The molecule has 0 aromatic heterocycles. The number of fused-ring (bicyclic) bond motifs is 4. The summed E-state index contributed by atoms with van der Waals surface area (Å²) in [7, 11) is 0. The van der Waals surface area contributed by atoms with E-state index in [4.69, 9.17) is 5.73 Å². The maximum atomic E-state index is 12.1. The van der Waals surface area contributed by atoms with Crippen LogP contribution in [0.15, 0.2) is 21.7 Å². The largest absolute Gasteiger partial charge is 0.478 e. The van der Waals surface area contributed by atoms with E-state index in [-0.39, 0.29) is 11.5 Å². The molecule has 8 heteroatoms. The number of rotatable bonds is 9. The highest BCUT2D eigenvalue weighted by Gasteiger charge is 2.45. The number of carboxylic acids is 1. The minimum absolute atomic E-state index is 0.168. The average Bonchev–Trinajstić information content (AvgIpc) is 3.06. The molecule has 0 aromatic carbocycles. The predicted octanol–water partition coefficient (Wildman–Crippen LogP) is 2.73. The maximum absolute atomic E-state index is 12.1. The molecule has 3 heterocycles. The number of allylic oxidation sites excluding steroid dienone is 2. The molecule has 2 unspecified atom stereocenters. The second-order valence-electron chi connectivity index (χ2n) is 8.05. The lowest BCUT2D eigenvalue weighted by Gasteiger charge is -2.42. The molecular weight excluding hydrogens is 390 g/mol. The molecule has 160 valence electrons. The molecule has 0 aliphatic carbocycles. The number of hydrogen-bond acceptors (Lipinski definition) is 5. The van der Waals surface area contributed by atoms with Gasteiger partial charge in [-0.05, 0) is 31.3 Å². The number of piperidine rings is 1. The minimum atomic E-state index is -1.10. The summed E-state index contributed by atoms with van der Waals surface area (Å²) in [4.78, 5) is 38.5. The van der Waals surface area contributed by atoms with Gasteiger partial charge in [0.2, 0.25) is 0 Å². The van der Waals surface area contributed by atoms with E-state index in [1.165, 1.54) is 49.6 Å². The maximum Gasteiger partial charge on any atom is 0.334 e. The third-order valence-corrected chi connectivity index (χ3v) is 7.27. The number of carbonyl (C=O) groups excluding carboxylic acids is 2. The van der Waals surface area contributed by atoms with Crippen LogP contribution in [0.2, 0.25) is 0 Å². The van der Waals surface area contributed by atoms with Crippen molar-refractivity contribution in [2.75, 3.05) is 13.1 Å². The van der Waals surface area contributed by atoms with Crippen LogP contribution >= 0.6 is 11.8 Å². The Kier molecular flexibility index (Phi) is 7.27. The highest BCUT2D eigenvalue weighted by Crippen LogP contribution is 2.52. The van der Waals surface area contributed by atoms with E-state index in [0.29, 0.717) is 0 Å². The van der Waals surface area contributed by atoms with Gasteiger partial charge < -0.3 is 21.1 Å². The molecule has 3 rings (SSSR count). The Hall–Kier alpha value is -1.96. The van der Waals surface area contributed by atoms with Crippen LogP contribution < -0.4 is 11.1 Å². The first-order valence-corrected chi connectivity index (χ1v) is 11.5. The fraction of sp³-hybridized carbons (Fsp3) is 0.667. The van der Waals surface area contributed by atoms with E-state index in [1.54, 1.807) is 0 Å². The molecule has 0 spiro atoms. The van der Waals surface area contributed by atoms with Gasteiger partial charge in [0, 0.05) is 29.6 Å². The minimum Gasteiger partial charge on any atom is -0.478 e. The molecule has 2 bridgehead atoms. The van der Waals surface area contributed by atoms with Crippen LogP contribution in [0.25, 0.3) is 0 Å². The molecule has 0 saturated carbocycles. The number of nitrogens with two attached hydrogens (primary N) is 1. The topological polar surface area (TPSA) is 113 Å². The van der Waals surface area contributed by atoms with Crippen molar-refractivity contribution in [3.05, 3.63) is 21.7 Å². The molecule has 7 nitrogen and oxygen atoms in total. The third kappa shape index (κ3) is 4.79. The zero-order valence-electron chi connectivity index (χ0n) is 17.0. The van der Waals surface area contributed by atoms with Gasteiger partial charge in [0.1, 0.15) is 5.37 Å². The summed E-state index contributed by atoms with van der Waals surface area (Å²) in [5.41, 5.74) is 7.36. The van der Waals surface area contributed by atoms with Gasteiger partial charge in [-0.1, -0.05) is 50.8 Å². The first kappa shape index (κ1) is 21.7. The molecule has 3 aliphatic heterocycles. The molecular formula is C21H31N3O4S. The summed E-state index contributed by atoms with van der Waals surface area (Å²) in [6, 6.07) is 0. The molecule has 29 heavy (non-hydrogen) atoms. The molecule has 0 aromatic rings. The van der Waals surface area contributed by atoms with Crippen molar-refractivity contribution in [3.8, 4) is 0 Å². The highest BCUT2D eigenvalue weighted by atomic mass is 32.2. The summed E-state index contributed by atoms with van der Waals surface area (Å²) in [5, 5.41) is 11.6. The first-order chi connectivity index (χ1) is 13.9. The number of carbonyl (C=O) groups is 3. The molecule has 4 N–H and O–H groups in total. The molecule has 2 amide bonds. The van der Waals surface area contributed by atoms with E-state index in [0.717, 1.165) is 49.3 Å². The van der Waals surface area contributed by atoms with Gasteiger partial charge in [-0.25, -0.2) is 4.79 Å². The Balaban J connectivity index is 1.84.